The number of benzene rings is 1. The molecular formula is C15H17F2NO4. The molecule has 0 aliphatic carbocycles. The molecule has 0 saturated heterocycles. The first-order valence-electron chi connectivity index (χ1n) is 6.59. The van der Waals surface area contributed by atoms with E-state index >= 15 is 0 Å². The minimum absolute atomic E-state index is 0.00597. The van der Waals surface area contributed by atoms with E-state index in [1.54, 1.807) is 6.08 Å². The summed E-state index contributed by atoms with van der Waals surface area (Å²) < 4.78 is 28.2. The molecule has 120 valence electrons. The molecule has 1 amide bonds. The van der Waals surface area contributed by atoms with Crippen LogP contribution in [-0.4, -0.2) is 29.6 Å². The summed E-state index contributed by atoms with van der Waals surface area (Å²) in [6.45, 7) is 0.590. The van der Waals surface area contributed by atoms with E-state index in [0.717, 1.165) is 0 Å². The molecule has 22 heavy (non-hydrogen) atoms. The van der Waals surface area contributed by atoms with Crippen LogP contribution in [-0.2, 0) is 16.0 Å². The lowest BCUT2D eigenvalue weighted by Crippen LogP contribution is -2.41. The van der Waals surface area contributed by atoms with E-state index in [1.165, 1.54) is 24.3 Å². The Kier molecular flexibility index (Phi) is 7.01. The lowest BCUT2D eigenvalue weighted by atomic mass is 10.1. The molecule has 1 rings (SSSR count). The second-order valence-corrected chi connectivity index (χ2v) is 4.52. The second-order valence-electron chi connectivity index (χ2n) is 4.52. The maximum Gasteiger partial charge on any atom is 0.387 e. The van der Waals surface area contributed by atoms with Crippen LogP contribution < -0.4 is 10.1 Å². The number of hydrogen-bond acceptors (Lipinski definition) is 3. The van der Waals surface area contributed by atoms with E-state index in [-0.39, 0.29) is 18.6 Å². The zero-order chi connectivity index (χ0) is 16.5. The molecule has 0 aliphatic heterocycles. The number of carbonyl (C=O) groups is 2. The van der Waals surface area contributed by atoms with E-state index in [9.17, 15) is 18.4 Å². The van der Waals surface area contributed by atoms with Crippen molar-refractivity contribution in [2.24, 2.45) is 0 Å². The summed E-state index contributed by atoms with van der Waals surface area (Å²) in [4.78, 5) is 22.8. The molecule has 0 aliphatic rings. The van der Waals surface area contributed by atoms with Crippen molar-refractivity contribution < 1.29 is 28.2 Å². The highest BCUT2D eigenvalue weighted by atomic mass is 19.3. The molecule has 0 radical (unpaired) electrons. The Hall–Kier alpha value is -2.44. The third kappa shape index (κ3) is 6.34. The standard InChI is InChI=1S/C15H17F2NO4/c1-2-3-4-12(14(20)21)18-13(19)9-10-5-7-11(8-6-10)22-15(16)17/h2,5-8,12,15H,1,3-4,9H2,(H,18,19)(H,20,21). The van der Waals surface area contributed by atoms with Crippen LogP contribution in [0.3, 0.4) is 0 Å². The quantitative estimate of drug-likeness (QED) is 0.686. The van der Waals surface area contributed by atoms with Gasteiger partial charge in [-0.15, -0.1) is 6.58 Å². The number of carboxylic acids is 1. The minimum atomic E-state index is -2.91. The number of hydrogen-bond donors (Lipinski definition) is 2. The van der Waals surface area contributed by atoms with Crippen LogP contribution in [0.1, 0.15) is 18.4 Å². The van der Waals surface area contributed by atoms with Crippen molar-refractivity contribution >= 4 is 11.9 Å². The van der Waals surface area contributed by atoms with Gasteiger partial charge < -0.3 is 15.2 Å². The zero-order valence-corrected chi connectivity index (χ0v) is 11.8. The van der Waals surface area contributed by atoms with Crippen LogP contribution in [0.25, 0.3) is 0 Å². The van der Waals surface area contributed by atoms with Crippen LogP contribution in [0.5, 0.6) is 5.75 Å². The molecule has 1 aromatic rings. The van der Waals surface area contributed by atoms with Gasteiger partial charge in [-0.2, -0.15) is 8.78 Å². The van der Waals surface area contributed by atoms with Gasteiger partial charge in [-0.1, -0.05) is 18.2 Å². The van der Waals surface area contributed by atoms with Gasteiger partial charge in [-0.3, -0.25) is 4.79 Å². The van der Waals surface area contributed by atoms with Crippen molar-refractivity contribution in [3.63, 3.8) is 0 Å². The van der Waals surface area contributed by atoms with E-state index < -0.39 is 24.5 Å². The number of aliphatic carboxylic acids is 1. The predicted molar refractivity (Wildman–Crippen MR) is 75.8 cm³/mol. The first kappa shape index (κ1) is 17.6. The van der Waals surface area contributed by atoms with Gasteiger partial charge in [0.05, 0.1) is 6.42 Å². The van der Waals surface area contributed by atoms with Crippen molar-refractivity contribution in [3.8, 4) is 5.75 Å². The molecule has 7 heteroatoms. The number of carboxylic acid groups (broad SMARTS) is 1. The molecule has 1 unspecified atom stereocenters. The monoisotopic (exact) mass is 313 g/mol. The number of carbonyl (C=O) groups excluding carboxylic acids is 1. The Labute approximate surface area is 126 Å². The van der Waals surface area contributed by atoms with Crippen LogP contribution in [0.4, 0.5) is 8.78 Å². The van der Waals surface area contributed by atoms with Crippen LogP contribution >= 0.6 is 0 Å². The van der Waals surface area contributed by atoms with Gasteiger partial charge in [-0.25, -0.2) is 4.79 Å². The average Bonchev–Trinajstić information content (AvgIpc) is 2.44. The number of ether oxygens (including phenoxy) is 1. The third-order valence-corrected chi connectivity index (χ3v) is 2.81. The lowest BCUT2D eigenvalue weighted by Gasteiger charge is -2.13. The highest BCUT2D eigenvalue weighted by molar-refractivity contribution is 5.84. The normalized spacial score (nSPS) is 11.8. The summed E-state index contributed by atoms with van der Waals surface area (Å²) in [5, 5.41) is 11.4. The SMILES string of the molecule is C=CCCC(NC(=O)Cc1ccc(OC(F)F)cc1)C(=O)O. The van der Waals surface area contributed by atoms with Gasteiger partial charge in [0.2, 0.25) is 5.91 Å². The Bertz CT molecular complexity index is 517. The van der Waals surface area contributed by atoms with E-state index in [0.29, 0.717) is 12.0 Å². The molecule has 0 heterocycles. The van der Waals surface area contributed by atoms with Crippen molar-refractivity contribution in [2.75, 3.05) is 0 Å². The highest BCUT2D eigenvalue weighted by Gasteiger charge is 2.19. The van der Waals surface area contributed by atoms with Crippen molar-refractivity contribution in [1.82, 2.24) is 5.32 Å². The van der Waals surface area contributed by atoms with Gasteiger partial charge in [0, 0.05) is 0 Å². The number of allylic oxidation sites excluding steroid dienone is 1. The van der Waals surface area contributed by atoms with Crippen LogP contribution in [0.2, 0.25) is 0 Å². The minimum Gasteiger partial charge on any atom is -0.480 e. The molecule has 0 bridgehead atoms. The predicted octanol–water partition coefficient (Wildman–Crippen LogP) is 2.37. The van der Waals surface area contributed by atoms with E-state index in [2.05, 4.69) is 16.6 Å². The molecule has 2 N–H and O–H groups in total. The van der Waals surface area contributed by atoms with Gasteiger partial charge in [-0.05, 0) is 30.5 Å². The smallest absolute Gasteiger partial charge is 0.387 e. The molecule has 1 atom stereocenters. The number of alkyl halides is 2. The molecular weight excluding hydrogens is 296 g/mol. The van der Waals surface area contributed by atoms with Crippen LogP contribution in [0.15, 0.2) is 36.9 Å². The fourth-order valence-electron chi connectivity index (χ4n) is 1.76. The fourth-order valence-corrected chi connectivity index (χ4v) is 1.76. The topological polar surface area (TPSA) is 75.6 Å². The maximum absolute atomic E-state index is 12.0. The third-order valence-electron chi connectivity index (χ3n) is 2.81. The van der Waals surface area contributed by atoms with Crippen molar-refractivity contribution in [1.29, 1.82) is 0 Å². The molecule has 5 nitrogen and oxygen atoms in total. The summed E-state index contributed by atoms with van der Waals surface area (Å²) in [6, 6.07) is 4.60. The fraction of sp³-hybridized carbons (Fsp3) is 0.333. The van der Waals surface area contributed by atoms with Crippen molar-refractivity contribution in [3.05, 3.63) is 42.5 Å². The molecule has 0 saturated carbocycles. The Morgan fingerprint density at radius 1 is 1.32 bits per heavy atom. The molecule has 0 aromatic heterocycles. The first-order chi connectivity index (χ1) is 10.4. The van der Waals surface area contributed by atoms with Gasteiger partial charge in [0.25, 0.3) is 0 Å². The summed E-state index contributed by atoms with van der Waals surface area (Å²) >= 11 is 0. The van der Waals surface area contributed by atoms with Gasteiger partial charge >= 0.3 is 12.6 Å². The molecule has 0 spiro atoms. The number of amides is 1. The molecule has 0 fully saturated rings. The highest BCUT2D eigenvalue weighted by Crippen LogP contribution is 2.15. The van der Waals surface area contributed by atoms with Crippen molar-refractivity contribution in [2.45, 2.75) is 31.9 Å². The number of nitrogens with one attached hydrogen (secondary N) is 1. The zero-order valence-electron chi connectivity index (χ0n) is 11.8. The summed E-state index contributed by atoms with van der Waals surface area (Å²) in [5.41, 5.74) is 0.562. The van der Waals surface area contributed by atoms with E-state index in [4.69, 9.17) is 5.11 Å². The first-order valence-corrected chi connectivity index (χ1v) is 6.59. The van der Waals surface area contributed by atoms with E-state index in [1.807, 2.05) is 0 Å². The Morgan fingerprint density at radius 2 is 1.95 bits per heavy atom. The second kappa shape index (κ2) is 8.76. The summed E-state index contributed by atoms with van der Waals surface area (Å²) in [5.74, 6) is -1.58. The lowest BCUT2D eigenvalue weighted by molar-refractivity contribution is -0.141. The summed E-state index contributed by atoms with van der Waals surface area (Å²) in [7, 11) is 0. The average molecular weight is 313 g/mol. The number of rotatable bonds is 9. The van der Waals surface area contributed by atoms with Gasteiger partial charge in [0.1, 0.15) is 11.8 Å². The maximum atomic E-state index is 12.0. The Balaban J connectivity index is 2.56. The largest absolute Gasteiger partial charge is 0.480 e. The molecule has 1 aromatic carbocycles. The Morgan fingerprint density at radius 3 is 2.45 bits per heavy atom. The summed E-state index contributed by atoms with van der Waals surface area (Å²) in [6.07, 6.45) is 2.25. The number of halogens is 2. The van der Waals surface area contributed by atoms with Gasteiger partial charge in [0.15, 0.2) is 0 Å². The van der Waals surface area contributed by atoms with Crippen LogP contribution in [0, 0.1) is 0 Å².